The molecule has 2 amide bonds. The second-order valence-electron chi connectivity index (χ2n) is 11.6. The topological polar surface area (TPSA) is 136 Å². The number of benzene rings is 1. The molecule has 38 heavy (non-hydrogen) atoms. The van der Waals surface area contributed by atoms with Gasteiger partial charge in [-0.05, 0) is 61.0 Å². The van der Waals surface area contributed by atoms with E-state index in [4.69, 9.17) is 9.47 Å². The number of thioether (sulfide) groups is 1. The van der Waals surface area contributed by atoms with E-state index >= 15 is 0 Å². The van der Waals surface area contributed by atoms with E-state index in [9.17, 15) is 29.3 Å². The number of rotatable bonds is 6. The van der Waals surface area contributed by atoms with Crippen LogP contribution in [0.4, 0.5) is 10.5 Å². The van der Waals surface area contributed by atoms with Crippen LogP contribution in [0.5, 0.6) is 0 Å². The molecule has 0 saturated carbocycles. The number of ether oxygens (including phenoxy) is 2. The first-order valence-electron chi connectivity index (χ1n) is 12.1. The van der Waals surface area contributed by atoms with Gasteiger partial charge >= 0.3 is 12.1 Å². The maximum Gasteiger partial charge on any atom is 0.412 e. The summed E-state index contributed by atoms with van der Waals surface area (Å²) in [5, 5.41) is 10.3. The highest BCUT2D eigenvalue weighted by Gasteiger charge is 2.65. The summed E-state index contributed by atoms with van der Waals surface area (Å²) in [5.74, 6) is -1.88. The first-order chi connectivity index (χ1) is 17.3. The molecule has 2 aliphatic heterocycles. The lowest BCUT2D eigenvalue weighted by Gasteiger charge is -2.45. The molecule has 0 N–H and O–H groups in total. The number of allylic oxidation sites excluding steroid dienone is 1. The molecular formula is C26H33N3O8S. The number of non-ortho nitro benzene ring substituents is 1. The molecule has 2 aliphatic rings. The summed E-state index contributed by atoms with van der Waals surface area (Å²) in [7, 11) is 0. The number of likely N-dealkylation sites (tertiary alicyclic amines) is 1. The van der Waals surface area contributed by atoms with Gasteiger partial charge in [0.1, 0.15) is 28.3 Å². The van der Waals surface area contributed by atoms with Crippen LogP contribution in [0.3, 0.4) is 0 Å². The van der Waals surface area contributed by atoms with E-state index in [0.717, 1.165) is 6.08 Å². The highest BCUT2D eigenvalue weighted by atomic mass is 32.2. The molecule has 0 aliphatic carbocycles. The molecule has 2 saturated heterocycles. The first-order valence-corrected chi connectivity index (χ1v) is 12.9. The van der Waals surface area contributed by atoms with Gasteiger partial charge in [0.15, 0.2) is 5.78 Å². The molecule has 206 valence electrons. The zero-order chi connectivity index (χ0) is 28.8. The zero-order valence-electron chi connectivity index (χ0n) is 22.8. The summed E-state index contributed by atoms with van der Waals surface area (Å²) in [6.45, 7) is 13.7. The zero-order valence-corrected chi connectivity index (χ0v) is 23.6. The summed E-state index contributed by atoms with van der Waals surface area (Å²) < 4.78 is 11.0. The number of β-lactam (4-membered cyclic amide) rings is 1. The third-order valence-corrected chi connectivity index (χ3v) is 7.05. The Morgan fingerprint density at radius 1 is 1.05 bits per heavy atom. The monoisotopic (exact) mass is 547 g/mol. The van der Waals surface area contributed by atoms with Crippen LogP contribution in [0, 0.1) is 10.1 Å². The van der Waals surface area contributed by atoms with Crippen molar-refractivity contribution in [1.82, 2.24) is 9.80 Å². The van der Waals surface area contributed by atoms with Crippen molar-refractivity contribution in [3.05, 3.63) is 51.7 Å². The number of carbonyl (C=O) groups excluding carboxylic acids is 4. The Kier molecular flexibility index (Phi) is 7.71. The number of hydrogen-bond acceptors (Lipinski definition) is 9. The van der Waals surface area contributed by atoms with Crippen molar-refractivity contribution >= 4 is 41.2 Å². The summed E-state index contributed by atoms with van der Waals surface area (Å²) >= 11 is 1.30. The predicted octanol–water partition coefficient (Wildman–Crippen LogP) is 4.19. The molecule has 2 heterocycles. The standard InChI is InChI=1S/C26H33N3O8S/c1-24(2,3)36-22(32)18(14-17(30)13-15-9-11-16(12-10-15)29(34)35)27-20(31)19-21(27)38-26(7,8)28(19)23(33)37-25(4,5)6/h9-12,14,19,21H,13H2,1-8H3. The fourth-order valence-corrected chi connectivity index (χ4v) is 5.67. The average molecular weight is 548 g/mol. The van der Waals surface area contributed by atoms with Crippen molar-refractivity contribution in [1.29, 1.82) is 0 Å². The van der Waals surface area contributed by atoms with Gasteiger partial charge in [-0.2, -0.15) is 0 Å². The predicted molar refractivity (Wildman–Crippen MR) is 140 cm³/mol. The third kappa shape index (κ3) is 6.35. The Bertz CT molecular complexity index is 1190. The normalized spacial score (nSPS) is 20.9. The minimum atomic E-state index is -0.893. The van der Waals surface area contributed by atoms with E-state index in [1.807, 2.05) is 0 Å². The molecule has 1 aromatic rings. The van der Waals surface area contributed by atoms with Gasteiger partial charge < -0.3 is 9.47 Å². The van der Waals surface area contributed by atoms with E-state index in [0.29, 0.717) is 5.56 Å². The maximum absolute atomic E-state index is 13.4. The summed E-state index contributed by atoms with van der Waals surface area (Å²) in [4.78, 5) is 64.6. The van der Waals surface area contributed by atoms with Gasteiger partial charge in [-0.3, -0.25) is 29.5 Å². The highest BCUT2D eigenvalue weighted by molar-refractivity contribution is 8.01. The number of nitro groups is 1. The molecule has 1 aromatic carbocycles. The molecule has 0 radical (unpaired) electrons. The Balaban J connectivity index is 1.91. The van der Waals surface area contributed by atoms with Crippen LogP contribution in [-0.2, 0) is 30.3 Å². The number of hydrogen-bond donors (Lipinski definition) is 0. The highest BCUT2D eigenvalue weighted by Crippen LogP contribution is 2.52. The Hall–Kier alpha value is -3.41. The van der Waals surface area contributed by atoms with Gasteiger partial charge in [-0.25, -0.2) is 9.59 Å². The van der Waals surface area contributed by atoms with Crippen molar-refractivity contribution in [3.8, 4) is 0 Å². The van der Waals surface area contributed by atoms with E-state index in [1.54, 1.807) is 55.4 Å². The van der Waals surface area contributed by atoms with Crippen LogP contribution in [0.2, 0.25) is 0 Å². The molecule has 12 heteroatoms. The average Bonchev–Trinajstić information content (AvgIpc) is 2.98. The van der Waals surface area contributed by atoms with Gasteiger partial charge in [0.25, 0.3) is 11.6 Å². The van der Waals surface area contributed by atoms with E-state index in [1.165, 1.54) is 45.8 Å². The number of nitro benzene ring substituents is 1. The second-order valence-corrected chi connectivity index (χ2v) is 13.3. The first kappa shape index (κ1) is 29.2. The lowest BCUT2D eigenvalue weighted by atomic mass is 10.0. The van der Waals surface area contributed by atoms with Crippen LogP contribution < -0.4 is 0 Å². The van der Waals surface area contributed by atoms with Crippen LogP contribution >= 0.6 is 11.8 Å². The Morgan fingerprint density at radius 3 is 2.11 bits per heavy atom. The number of ketones is 1. The van der Waals surface area contributed by atoms with Crippen LogP contribution in [0.1, 0.15) is 61.0 Å². The fraction of sp³-hybridized carbons (Fsp3) is 0.538. The SMILES string of the molecule is CC(C)(C)OC(=O)C(=CC(=O)Cc1ccc([N+](=O)[O-])cc1)N1C(=O)C2C1SC(C)(C)N2C(=O)OC(C)(C)C. The van der Waals surface area contributed by atoms with Gasteiger partial charge in [0.05, 0.1) is 9.79 Å². The van der Waals surface area contributed by atoms with Gasteiger partial charge in [0, 0.05) is 24.6 Å². The molecule has 2 atom stereocenters. The van der Waals surface area contributed by atoms with Crippen molar-refractivity contribution in [2.45, 2.75) is 89.3 Å². The van der Waals surface area contributed by atoms with Crippen LogP contribution in [-0.4, -0.2) is 66.0 Å². The molecular weight excluding hydrogens is 514 g/mol. The molecule has 2 fully saturated rings. The van der Waals surface area contributed by atoms with E-state index in [-0.39, 0.29) is 17.8 Å². The van der Waals surface area contributed by atoms with Crippen LogP contribution in [0.15, 0.2) is 36.0 Å². The minimum Gasteiger partial charge on any atom is -0.455 e. The number of nitrogens with zero attached hydrogens (tertiary/aromatic N) is 3. The number of carbonyl (C=O) groups is 4. The van der Waals surface area contributed by atoms with Gasteiger partial charge in [0.2, 0.25) is 0 Å². The Morgan fingerprint density at radius 2 is 1.61 bits per heavy atom. The van der Waals surface area contributed by atoms with Crippen molar-refractivity contribution in [3.63, 3.8) is 0 Å². The summed E-state index contributed by atoms with van der Waals surface area (Å²) in [6, 6.07) is 4.60. The third-order valence-electron chi connectivity index (χ3n) is 5.56. The summed E-state index contributed by atoms with van der Waals surface area (Å²) in [6.07, 6.45) is 0.267. The molecule has 2 unspecified atom stereocenters. The van der Waals surface area contributed by atoms with Gasteiger partial charge in [-0.15, -0.1) is 11.8 Å². The van der Waals surface area contributed by atoms with Crippen molar-refractivity contribution < 1.29 is 33.6 Å². The largest absolute Gasteiger partial charge is 0.455 e. The molecule has 3 rings (SSSR count). The molecule has 11 nitrogen and oxygen atoms in total. The minimum absolute atomic E-state index is 0.112. The second kappa shape index (κ2) is 10.0. The molecule has 0 spiro atoms. The summed E-state index contributed by atoms with van der Waals surface area (Å²) in [5.41, 5.74) is -1.50. The van der Waals surface area contributed by atoms with Crippen LogP contribution in [0.25, 0.3) is 0 Å². The Labute approximate surface area is 225 Å². The maximum atomic E-state index is 13.4. The fourth-order valence-electron chi connectivity index (χ4n) is 4.09. The van der Waals surface area contributed by atoms with Crippen molar-refractivity contribution in [2.24, 2.45) is 0 Å². The van der Waals surface area contributed by atoms with E-state index < -0.39 is 56.2 Å². The van der Waals surface area contributed by atoms with E-state index in [2.05, 4.69) is 0 Å². The quantitative estimate of drug-likeness (QED) is 0.169. The lowest BCUT2D eigenvalue weighted by Crippen LogP contribution is -2.67. The smallest absolute Gasteiger partial charge is 0.412 e. The number of fused-ring (bicyclic) bond motifs is 1. The molecule has 0 bridgehead atoms. The molecule has 0 aromatic heterocycles. The number of esters is 1. The number of amides is 2. The lowest BCUT2D eigenvalue weighted by molar-refractivity contribution is -0.384. The van der Waals surface area contributed by atoms with Crippen molar-refractivity contribution in [2.75, 3.05) is 0 Å². The van der Waals surface area contributed by atoms with Gasteiger partial charge in [-0.1, -0.05) is 12.1 Å².